The first-order valence-electron chi connectivity index (χ1n) is 7.05. The molecule has 1 atom stereocenters. The summed E-state index contributed by atoms with van der Waals surface area (Å²) in [6, 6.07) is 8.26. The molecule has 0 saturated heterocycles. The number of hydrogen-bond donors (Lipinski definition) is 2. The lowest BCUT2D eigenvalue weighted by Crippen LogP contribution is -2.32. The van der Waals surface area contributed by atoms with Crippen LogP contribution in [0.15, 0.2) is 24.3 Å². The molecule has 0 heterocycles. The van der Waals surface area contributed by atoms with Crippen LogP contribution in [0.3, 0.4) is 0 Å². The summed E-state index contributed by atoms with van der Waals surface area (Å²) in [5.74, 6) is 0.263. The molecule has 3 N–H and O–H groups in total. The van der Waals surface area contributed by atoms with Gasteiger partial charge in [0, 0.05) is 16.5 Å². The zero-order valence-corrected chi connectivity index (χ0v) is 13.7. The minimum atomic E-state index is -0.214. The van der Waals surface area contributed by atoms with Gasteiger partial charge in [0.2, 0.25) is 0 Å². The second-order valence-electron chi connectivity index (χ2n) is 6.08. The lowest BCUT2D eigenvalue weighted by atomic mass is 9.86. The van der Waals surface area contributed by atoms with E-state index in [4.69, 9.17) is 22.7 Å². The Balaban J connectivity index is 2.53. The van der Waals surface area contributed by atoms with Crippen molar-refractivity contribution < 1.29 is 0 Å². The molecule has 0 aliphatic carbocycles. The molecule has 0 fully saturated rings. The summed E-state index contributed by atoms with van der Waals surface area (Å²) in [5.41, 5.74) is 6.55. The summed E-state index contributed by atoms with van der Waals surface area (Å²) < 4.78 is 0. The van der Waals surface area contributed by atoms with Gasteiger partial charge in [0.15, 0.2) is 0 Å². The van der Waals surface area contributed by atoms with Crippen LogP contribution in [0.4, 0.5) is 0 Å². The fourth-order valence-electron chi connectivity index (χ4n) is 2.15. The summed E-state index contributed by atoms with van der Waals surface area (Å²) in [7, 11) is 2.11. The van der Waals surface area contributed by atoms with Crippen molar-refractivity contribution in [2.45, 2.75) is 39.7 Å². The fraction of sp³-hybridized carbons (Fsp3) is 0.562. The molecule has 0 bridgehead atoms. The molecule has 1 aromatic rings. The highest BCUT2D eigenvalue weighted by atomic mass is 35.5. The van der Waals surface area contributed by atoms with Crippen molar-refractivity contribution in [1.29, 1.82) is 5.41 Å². The first-order chi connectivity index (χ1) is 9.25. The monoisotopic (exact) mass is 295 g/mol. The third-order valence-electron chi connectivity index (χ3n) is 4.06. The third-order valence-corrected chi connectivity index (χ3v) is 4.40. The molecule has 1 aromatic carbocycles. The number of halogens is 1. The van der Waals surface area contributed by atoms with Crippen LogP contribution in [0, 0.1) is 10.8 Å². The summed E-state index contributed by atoms with van der Waals surface area (Å²) in [4.78, 5) is 2.29. The predicted molar refractivity (Wildman–Crippen MR) is 87.4 cm³/mol. The van der Waals surface area contributed by atoms with Crippen LogP contribution in [-0.2, 0) is 0 Å². The number of nitrogens with one attached hydrogen (secondary N) is 1. The number of benzene rings is 1. The van der Waals surface area contributed by atoms with Crippen molar-refractivity contribution in [3.05, 3.63) is 34.9 Å². The van der Waals surface area contributed by atoms with Crippen LogP contribution in [0.1, 0.15) is 45.2 Å². The molecule has 4 heteroatoms. The average Bonchev–Trinajstić information content (AvgIpc) is 2.38. The number of rotatable bonds is 7. The van der Waals surface area contributed by atoms with Gasteiger partial charge in [0.1, 0.15) is 0 Å². The van der Waals surface area contributed by atoms with Gasteiger partial charge in [0.05, 0.1) is 5.84 Å². The van der Waals surface area contributed by atoms with Crippen molar-refractivity contribution in [3.63, 3.8) is 0 Å². The van der Waals surface area contributed by atoms with Gasteiger partial charge in [-0.15, -0.1) is 0 Å². The molecule has 0 spiro atoms. The Bertz CT molecular complexity index is 457. The van der Waals surface area contributed by atoms with Gasteiger partial charge in [-0.05, 0) is 45.0 Å². The van der Waals surface area contributed by atoms with Crippen LogP contribution in [0.2, 0.25) is 5.02 Å². The van der Waals surface area contributed by atoms with Gasteiger partial charge < -0.3 is 5.73 Å². The highest BCUT2D eigenvalue weighted by molar-refractivity contribution is 6.31. The Kier molecular flexibility index (Phi) is 6.03. The molecular weight excluding hydrogens is 270 g/mol. The van der Waals surface area contributed by atoms with Gasteiger partial charge in [0.25, 0.3) is 0 Å². The zero-order valence-electron chi connectivity index (χ0n) is 12.9. The Morgan fingerprint density at radius 1 is 1.40 bits per heavy atom. The van der Waals surface area contributed by atoms with Gasteiger partial charge in [-0.3, -0.25) is 10.3 Å². The van der Waals surface area contributed by atoms with Crippen molar-refractivity contribution in [3.8, 4) is 0 Å². The zero-order chi connectivity index (χ0) is 15.3. The van der Waals surface area contributed by atoms with E-state index in [1.807, 2.05) is 32.0 Å². The number of hydrogen-bond acceptors (Lipinski definition) is 2. The maximum atomic E-state index is 7.58. The molecule has 0 amide bonds. The molecule has 0 saturated carbocycles. The highest BCUT2D eigenvalue weighted by Gasteiger charge is 2.22. The van der Waals surface area contributed by atoms with Crippen molar-refractivity contribution in [2.75, 3.05) is 13.6 Å². The summed E-state index contributed by atoms with van der Waals surface area (Å²) in [5, 5.41) is 8.39. The van der Waals surface area contributed by atoms with Crippen LogP contribution < -0.4 is 5.73 Å². The van der Waals surface area contributed by atoms with Crippen LogP contribution in [0.5, 0.6) is 0 Å². The van der Waals surface area contributed by atoms with E-state index in [0.717, 1.165) is 30.0 Å². The van der Waals surface area contributed by atoms with E-state index >= 15 is 0 Å². The minimum absolute atomic E-state index is 0.214. The maximum absolute atomic E-state index is 7.58. The first-order valence-corrected chi connectivity index (χ1v) is 7.42. The van der Waals surface area contributed by atoms with E-state index in [0.29, 0.717) is 0 Å². The Hall–Kier alpha value is -1.06. The molecule has 3 nitrogen and oxygen atoms in total. The van der Waals surface area contributed by atoms with E-state index in [9.17, 15) is 0 Å². The molecular formula is C16H26ClN3. The van der Waals surface area contributed by atoms with E-state index in [1.165, 1.54) is 0 Å². The van der Waals surface area contributed by atoms with Crippen LogP contribution >= 0.6 is 11.6 Å². The topological polar surface area (TPSA) is 53.1 Å². The Labute approximate surface area is 127 Å². The molecule has 0 aromatic heterocycles. The smallest absolute Gasteiger partial charge is 0.0963 e. The lowest BCUT2D eigenvalue weighted by molar-refractivity contribution is 0.246. The third kappa shape index (κ3) is 4.50. The average molecular weight is 296 g/mol. The summed E-state index contributed by atoms with van der Waals surface area (Å²) in [6.07, 6.45) is 1.93. The number of amidine groups is 1. The first kappa shape index (κ1) is 17.0. The SMILES string of the molecule is CC(c1ccccc1Cl)N(C)CCCC(C)(C)C(=N)N. The minimum Gasteiger partial charge on any atom is -0.387 e. The van der Waals surface area contributed by atoms with Crippen molar-refractivity contribution >= 4 is 17.4 Å². The lowest BCUT2D eigenvalue weighted by Gasteiger charge is -2.28. The molecule has 1 rings (SSSR count). The quantitative estimate of drug-likeness (QED) is 0.588. The second-order valence-corrected chi connectivity index (χ2v) is 6.49. The van der Waals surface area contributed by atoms with E-state index in [1.54, 1.807) is 0 Å². The van der Waals surface area contributed by atoms with Crippen LogP contribution in [-0.4, -0.2) is 24.3 Å². The molecule has 0 aliphatic heterocycles. The highest BCUT2D eigenvalue weighted by Crippen LogP contribution is 2.27. The molecule has 0 aliphatic rings. The van der Waals surface area contributed by atoms with E-state index < -0.39 is 0 Å². The van der Waals surface area contributed by atoms with Gasteiger partial charge in [-0.25, -0.2) is 0 Å². The van der Waals surface area contributed by atoms with Crippen molar-refractivity contribution in [2.24, 2.45) is 11.1 Å². The van der Waals surface area contributed by atoms with Gasteiger partial charge in [-0.2, -0.15) is 0 Å². The van der Waals surface area contributed by atoms with E-state index in [-0.39, 0.29) is 17.3 Å². The summed E-state index contributed by atoms with van der Waals surface area (Å²) in [6.45, 7) is 7.17. The van der Waals surface area contributed by atoms with Gasteiger partial charge >= 0.3 is 0 Å². The number of nitrogens with zero attached hydrogens (tertiary/aromatic N) is 1. The molecule has 0 radical (unpaired) electrons. The standard InChI is InChI=1S/C16H26ClN3/c1-12(13-8-5-6-9-14(13)17)20(4)11-7-10-16(2,3)15(18)19/h5-6,8-9,12H,7,10-11H2,1-4H3,(H3,18,19). The summed E-state index contributed by atoms with van der Waals surface area (Å²) >= 11 is 6.24. The van der Waals surface area contributed by atoms with Crippen LogP contribution in [0.25, 0.3) is 0 Å². The Morgan fingerprint density at radius 3 is 2.55 bits per heavy atom. The fourth-order valence-corrected chi connectivity index (χ4v) is 2.44. The molecule has 112 valence electrons. The van der Waals surface area contributed by atoms with E-state index in [2.05, 4.69) is 24.9 Å². The molecule has 20 heavy (non-hydrogen) atoms. The van der Waals surface area contributed by atoms with Crippen molar-refractivity contribution in [1.82, 2.24) is 4.90 Å². The number of nitrogens with two attached hydrogens (primary N) is 1. The largest absolute Gasteiger partial charge is 0.387 e. The maximum Gasteiger partial charge on any atom is 0.0963 e. The Morgan fingerprint density at radius 2 is 2.00 bits per heavy atom. The second kappa shape index (κ2) is 7.09. The predicted octanol–water partition coefficient (Wildman–Crippen LogP) is 4.08. The normalized spacial score (nSPS) is 13.5. The molecule has 1 unspecified atom stereocenters. The van der Waals surface area contributed by atoms with Gasteiger partial charge in [-0.1, -0.05) is 43.6 Å².